The van der Waals surface area contributed by atoms with Crippen molar-refractivity contribution in [3.63, 3.8) is 0 Å². The van der Waals surface area contributed by atoms with Crippen LogP contribution in [0.25, 0.3) is 5.69 Å². The number of imide groups is 3. The number of nitrogens with two attached hydrogens (primary N) is 1. The predicted molar refractivity (Wildman–Crippen MR) is 134 cm³/mol. The van der Waals surface area contributed by atoms with Gasteiger partial charge in [-0.3, -0.25) is 19.3 Å². The van der Waals surface area contributed by atoms with Crippen LogP contribution in [0.15, 0.2) is 33.5 Å². The first-order chi connectivity index (χ1) is 17.9. The van der Waals surface area contributed by atoms with Crippen LogP contribution in [0.1, 0.15) is 51.2 Å². The van der Waals surface area contributed by atoms with Gasteiger partial charge in [-0.1, -0.05) is 27.7 Å². The van der Waals surface area contributed by atoms with Crippen molar-refractivity contribution in [1.29, 1.82) is 0 Å². The van der Waals surface area contributed by atoms with Crippen LogP contribution in [0.2, 0.25) is 0 Å². The Balaban J connectivity index is 1.94. The fraction of sp³-hybridized carbons (Fsp3) is 0.520. The zero-order chi connectivity index (χ0) is 28.3. The van der Waals surface area contributed by atoms with Crippen molar-refractivity contribution in [3.8, 4) is 11.4 Å². The molecule has 3 atom stereocenters. The smallest absolute Gasteiger partial charge is 0.442 e. The summed E-state index contributed by atoms with van der Waals surface area (Å²) in [6.07, 6.45) is -0.369. The molecule has 3 amide bonds. The van der Waals surface area contributed by atoms with Gasteiger partial charge in [0.05, 0.1) is 30.9 Å². The van der Waals surface area contributed by atoms with E-state index in [2.05, 4.69) is 5.10 Å². The molecule has 1 fully saturated rings. The number of hydrogen-bond acceptors (Lipinski definition) is 11. The summed E-state index contributed by atoms with van der Waals surface area (Å²) in [5.41, 5.74) is 6.22. The van der Waals surface area contributed by atoms with Crippen LogP contribution in [0.3, 0.4) is 0 Å². The van der Waals surface area contributed by atoms with E-state index in [-0.39, 0.29) is 29.7 Å². The summed E-state index contributed by atoms with van der Waals surface area (Å²) in [6, 6.07) is 2.51. The Morgan fingerprint density at radius 1 is 1.13 bits per heavy atom. The Morgan fingerprint density at radius 2 is 1.76 bits per heavy atom. The fourth-order valence-corrected chi connectivity index (χ4v) is 4.45. The molecule has 206 valence electrons. The maximum absolute atomic E-state index is 13.6. The van der Waals surface area contributed by atoms with E-state index in [9.17, 15) is 29.1 Å². The SMILES string of the molecule is COC(=O)N(C(=O)[C@@H](N)C(C)C)C(=O)[C@@H]1CCCN1[C@H](C(=O)c1nn(-c2ccc(O)cc2)c(=O)o1)C(C)C. The maximum atomic E-state index is 13.6. The Kier molecular flexibility index (Phi) is 8.84. The van der Waals surface area contributed by atoms with Gasteiger partial charge in [0.2, 0.25) is 5.78 Å². The summed E-state index contributed by atoms with van der Waals surface area (Å²) in [4.78, 5) is 67.1. The van der Waals surface area contributed by atoms with Crippen LogP contribution in [0.4, 0.5) is 4.79 Å². The van der Waals surface area contributed by atoms with Gasteiger partial charge in [0, 0.05) is 0 Å². The van der Waals surface area contributed by atoms with Crippen molar-refractivity contribution in [2.24, 2.45) is 17.6 Å². The van der Waals surface area contributed by atoms with Crippen LogP contribution in [0, 0.1) is 11.8 Å². The second-order valence-corrected chi connectivity index (χ2v) is 9.80. The monoisotopic (exact) mass is 531 g/mol. The molecule has 0 aliphatic carbocycles. The third-order valence-corrected chi connectivity index (χ3v) is 6.49. The molecular weight excluding hydrogens is 498 g/mol. The molecule has 0 spiro atoms. The number of phenols is 1. The number of ketones is 1. The number of likely N-dealkylation sites (tertiary alicyclic amines) is 1. The first kappa shape index (κ1) is 28.7. The molecule has 1 aromatic carbocycles. The summed E-state index contributed by atoms with van der Waals surface area (Å²) >= 11 is 0. The lowest BCUT2D eigenvalue weighted by atomic mass is 9.96. The standard InChI is InChI=1S/C25H33N5O8/c1-13(2)18(26)23(34)29(24(35)37-5)22(33)17-7-6-12-28(17)19(14(3)4)20(32)21-27-30(25(36)38-21)15-8-10-16(31)11-9-15/h8-11,13-14,17-19,31H,6-7,12,26H2,1-5H3/t17-,18-,19-/m0/s1. The first-order valence-electron chi connectivity index (χ1n) is 12.3. The molecule has 0 radical (unpaired) electrons. The van der Waals surface area contributed by atoms with E-state index in [1.165, 1.54) is 24.3 Å². The number of nitrogens with zero attached hydrogens (tertiary/aromatic N) is 4. The summed E-state index contributed by atoms with van der Waals surface area (Å²) in [5, 5.41) is 13.5. The number of aromatic hydroxyl groups is 1. The number of aromatic nitrogens is 2. The Bertz CT molecular complexity index is 1250. The average Bonchev–Trinajstić information content (AvgIpc) is 3.50. The topological polar surface area (TPSA) is 178 Å². The van der Waals surface area contributed by atoms with Crippen molar-refractivity contribution in [2.45, 2.75) is 58.7 Å². The third kappa shape index (κ3) is 5.68. The Hall–Kier alpha value is -3.84. The van der Waals surface area contributed by atoms with Crippen molar-refractivity contribution >= 4 is 23.7 Å². The van der Waals surface area contributed by atoms with E-state index < -0.39 is 53.5 Å². The molecule has 2 aromatic rings. The minimum atomic E-state index is -1.16. The van der Waals surface area contributed by atoms with Crippen molar-refractivity contribution in [1.82, 2.24) is 19.6 Å². The molecular formula is C25H33N5O8. The van der Waals surface area contributed by atoms with Crippen LogP contribution < -0.4 is 11.5 Å². The summed E-state index contributed by atoms with van der Waals surface area (Å²) in [5.74, 6) is -4.45. The van der Waals surface area contributed by atoms with Crippen LogP contribution in [-0.2, 0) is 14.3 Å². The van der Waals surface area contributed by atoms with Crippen LogP contribution >= 0.6 is 0 Å². The van der Waals surface area contributed by atoms with Gasteiger partial charge in [0.15, 0.2) is 0 Å². The molecule has 0 unspecified atom stereocenters. The van der Waals surface area contributed by atoms with Gasteiger partial charge >= 0.3 is 11.8 Å². The lowest BCUT2D eigenvalue weighted by molar-refractivity contribution is -0.146. The number of phenolic OH excluding ortho intramolecular Hbond substituents is 1. The highest BCUT2D eigenvalue weighted by Gasteiger charge is 2.46. The molecule has 1 saturated heterocycles. The van der Waals surface area contributed by atoms with E-state index in [0.717, 1.165) is 11.8 Å². The summed E-state index contributed by atoms with van der Waals surface area (Å²) in [6.45, 7) is 7.20. The molecule has 3 N–H and O–H groups in total. The zero-order valence-corrected chi connectivity index (χ0v) is 22.0. The number of methoxy groups -OCH3 is 1. The van der Waals surface area contributed by atoms with Gasteiger partial charge in [-0.25, -0.2) is 9.59 Å². The van der Waals surface area contributed by atoms with Crippen molar-refractivity contribution < 1.29 is 33.4 Å². The zero-order valence-electron chi connectivity index (χ0n) is 22.0. The highest BCUT2D eigenvalue weighted by Crippen LogP contribution is 2.28. The number of carbonyl (C=O) groups excluding carboxylic acids is 4. The molecule has 13 heteroatoms. The number of amides is 3. The molecule has 1 aromatic heterocycles. The van der Waals surface area contributed by atoms with E-state index in [4.69, 9.17) is 14.9 Å². The molecule has 13 nitrogen and oxygen atoms in total. The molecule has 2 heterocycles. The first-order valence-corrected chi connectivity index (χ1v) is 12.3. The quantitative estimate of drug-likeness (QED) is 0.469. The lowest BCUT2D eigenvalue weighted by Crippen LogP contribution is -2.58. The van der Waals surface area contributed by atoms with Crippen LogP contribution in [0.5, 0.6) is 5.75 Å². The molecule has 1 aliphatic rings. The van der Waals surface area contributed by atoms with Crippen LogP contribution in [-0.4, -0.2) is 80.2 Å². The number of ether oxygens (including phenoxy) is 1. The summed E-state index contributed by atoms with van der Waals surface area (Å²) in [7, 11) is 1.05. The second kappa shape index (κ2) is 11.7. The molecule has 0 bridgehead atoms. The molecule has 1 aliphatic heterocycles. The van der Waals surface area contributed by atoms with Gasteiger partial charge in [-0.15, -0.1) is 5.10 Å². The van der Waals surface area contributed by atoms with Gasteiger partial charge in [-0.05, 0) is 55.5 Å². The van der Waals surface area contributed by atoms with Gasteiger partial charge in [0.25, 0.3) is 17.7 Å². The fourth-order valence-electron chi connectivity index (χ4n) is 4.45. The average molecular weight is 532 g/mol. The Labute approximate surface area is 219 Å². The van der Waals surface area contributed by atoms with Gasteiger partial charge < -0.3 is 20.0 Å². The molecule has 38 heavy (non-hydrogen) atoms. The van der Waals surface area contributed by atoms with E-state index in [0.29, 0.717) is 17.9 Å². The second-order valence-electron chi connectivity index (χ2n) is 9.80. The number of Topliss-reactive ketones (excluding diaryl/α,β-unsaturated/α-hetero) is 1. The number of hydrogen-bond donors (Lipinski definition) is 2. The lowest BCUT2D eigenvalue weighted by Gasteiger charge is -2.34. The van der Waals surface area contributed by atoms with Gasteiger partial charge in [-0.2, -0.15) is 9.58 Å². The van der Waals surface area contributed by atoms with Crippen molar-refractivity contribution in [3.05, 3.63) is 40.7 Å². The van der Waals surface area contributed by atoms with Crippen molar-refractivity contribution in [2.75, 3.05) is 13.7 Å². The van der Waals surface area contributed by atoms with Gasteiger partial charge in [0.1, 0.15) is 5.75 Å². The number of carbonyl (C=O) groups is 4. The third-order valence-electron chi connectivity index (χ3n) is 6.49. The maximum Gasteiger partial charge on any atom is 0.442 e. The minimum absolute atomic E-state index is 0.0139. The highest BCUT2D eigenvalue weighted by atomic mass is 16.5. The number of rotatable bonds is 8. The van der Waals surface area contributed by atoms with E-state index in [1.54, 1.807) is 32.6 Å². The normalized spacial score (nSPS) is 17.4. The molecule has 3 rings (SSSR count). The molecule has 0 saturated carbocycles. The number of benzene rings is 1. The highest BCUT2D eigenvalue weighted by molar-refractivity contribution is 6.12. The summed E-state index contributed by atoms with van der Waals surface area (Å²) < 4.78 is 10.8. The minimum Gasteiger partial charge on any atom is -0.508 e. The predicted octanol–water partition coefficient (Wildman–Crippen LogP) is 1.31. The Morgan fingerprint density at radius 3 is 2.32 bits per heavy atom. The van der Waals surface area contributed by atoms with E-state index >= 15 is 0 Å². The largest absolute Gasteiger partial charge is 0.508 e. The van der Waals surface area contributed by atoms with E-state index in [1.807, 2.05) is 0 Å².